The van der Waals surface area contributed by atoms with E-state index in [1.54, 1.807) is 6.92 Å². The molecule has 0 unspecified atom stereocenters. The monoisotopic (exact) mass is 531 g/mol. The van der Waals surface area contributed by atoms with E-state index in [2.05, 4.69) is 0 Å². The number of unbranched alkanes of at least 4 members (excludes halogenated alkanes) is 1. The molecule has 4 N–H and O–H groups in total. The second-order valence-corrected chi connectivity index (χ2v) is 10.2. The molecule has 2 fully saturated rings. The predicted molar refractivity (Wildman–Crippen MR) is 138 cm³/mol. The number of rotatable bonds is 11. The molecule has 1 aliphatic heterocycles. The lowest BCUT2D eigenvalue weighted by Crippen LogP contribution is -2.50. The number of nitrogens with zero attached hydrogens (tertiary/aromatic N) is 5. The Balaban J connectivity index is 1.85. The number of carbonyl (C=O) groups is 2. The van der Waals surface area contributed by atoms with E-state index >= 15 is 0 Å². The number of methoxy groups -OCH3 is 1. The molecule has 38 heavy (non-hydrogen) atoms. The van der Waals surface area contributed by atoms with Crippen molar-refractivity contribution in [3.8, 4) is 11.9 Å². The Kier molecular flexibility index (Phi) is 8.98. The molecule has 208 valence electrons. The van der Waals surface area contributed by atoms with E-state index in [0.29, 0.717) is 38.5 Å². The van der Waals surface area contributed by atoms with Crippen molar-refractivity contribution in [2.45, 2.75) is 76.9 Å². The van der Waals surface area contributed by atoms with Gasteiger partial charge in [-0.3, -0.25) is 24.1 Å². The van der Waals surface area contributed by atoms with Gasteiger partial charge in [-0.15, -0.1) is 0 Å². The Morgan fingerprint density at radius 1 is 1.21 bits per heavy atom. The normalized spacial score (nSPS) is 23.6. The van der Waals surface area contributed by atoms with Gasteiger partial charge < -0.3 is 20.5 Å². The van der Waals surface area contributed by atoms with Gasteiger partial charge >= 0.3 is 11.7 Å². The summed E-state index contributed by atoms with van der Waals surface area (Å²) in [4.78, 5) is 55.0. The molecule has 13 nitrogen and oxygen atoms in total. The van der Waals surface area contributed by atoms with E-state index in [9.17, 15) is 24.3 Å². The molecule has 3 rings (SSSR count). The maximum absolute atomic E-state index is 13.2. The quantitative estimate of drug-likeness (QED) is 0.164. The van der Waals surface area contributed by atoms with Gasteiger partial charge in [-0.05, 0) is 51.4 Å². The lowest BCUT2D eigenvalue weighted by atomic mass is 9.77. The molecule has 2 aliphatic rings. The van der Waals surface area contributed by atoms with Crippen LogP contribution in [0.5, 0.6) is 5.88 Å². The minimum Gasteiger partial charge on any atom is -0.494 e. The molecular weight excluding hydrogens is 494 g/mol. The number of nitriles is 1. The number of amidine groups is 1. The fourth-order valence-electron chi connectivity index (χ4n) is 5.69. The summed E-state index contributed by atoms with van der Waals surface area (Å²) in [5, 5.41) is 27.4. The second kappa shape index (κ2) is 11.8. The van der Waals surface area contributed by atoms with Crippen molar-refractivity contribution in [3.63, 3.8) is 0 Å². The highest BCUT2D eigenvalue weighted by molar-refractivity contribution is 6.07. The average molecular weight is 532 g/mol. The Labute approximate surface area is 220 Å². The van der Waals surface area contributed by atoms with Crippen LogP contribution in [0, 0.1) is 22.7 Å². The van der Waals surface area contributed by atoms with Crippen LogP contribution in [0.15, 0.2) is 9.59 Å². The number of imide groups is 1. The summed E-state index contributed by atoms with van der Waals surface area (Å²) in [6, 6.07) is 0.915. The van der Waals surface area contributed by atoms with Gasteiger partial charge in [0, 0.05) is 26.2 Å². The van der Waals surface area contributed by atoms with Gasteiger partial charge in [0.2, 0.25) is 5.88 Å². The maximum atomic E-state index is 13.2. The fourth-order valence-corrected chi connectivity index (χ4v) is 5.69. The van der Waals surface area contributed by atoms with Crippen LogP contribution in [-0.2, 0) is 16.1 Å². The van der Waals surface area contributed by atoms with Crippen molar-refractivity contribution in [2.75, 3.05) is 26.8 Å². The standard InChI is InChI=1S/C25H37N7O6/c1-4-5-11-29-20(33)18(19(27)28)21(34)32(24(29)37)17-8-6-16(7-9-17)15-25(2)22(35)30(12-10-26)23(36)31(25)13-14-38-3/h16-17,33H,4-9,11-15H2,1-3H3,(H3,27,28)/t16?,17?,25-/m1/s1. The number of hydrogen-bond acceptors (Lipinski definition) is 8. The summed E-state index contributed by atoms with van der Waals surface area (Å²) in [7, 11) is 1.51. The topological polar surface area (TPSA) is 188 Å². The fraction of sp³-hybridized carbons (Fsp3) is 0.680. The largest absolute Gasteiger partial charge is 0.494 e. The third-order valence-electron chi connectivity index (χ3n) is 7.73. The summed E-state index contributed by atoms with van der Waals surface area (Å²) >= 11 is 0. The van der Waals surface area contributed by atoms with Crippen LogP contribution in [-0.4, -0.2) is 74.2 Å². The summed E-state index contributed by atoms with van der Waals surface area (Å²) in [5.41, 5.74) is 2.67. The molecule has 0 radical (unpaired) electrons. The van der Waals surface area contributed by atoms with E-state index in [4.69, 9.17) is 21.1 Å². The van der Waals surface area contributed by atoms with Crippen LogP contribution in [0.25, 0.3) is 0 Å². The minimum absolute atomic E-state index is 0.0301. The minimum atomic E-state index is -1.13. The van der Waals surface area contributed by atoms with E-state index < -0.39 is 46.5 Å². The van der Waals surface area contributed by atoms with Gasteiger partial charge in [-0.25, -0.2) is 14.5 Å². The Bertz CT molecular complexity index is 1240. The van der Waals surface area contributed by atoms with Crippen LogP contribution in [0.3, 0.4) is 0 Å². The second-order valence-electron chi connectivity index (χ2n) is 10.2. The molecule has 1 saturated carbocycles. The van der Waals surface area contributed by atoms with Crippen molar-refractivity contribution in [3.05, 3.63) is 26.4 Å². The van der Waals surface area contributed by atoms with Gasteiger partial charge in [0.05, 0.1) is 12.7 Å². The first kappa shape index (κ1) is 28.9. The van der Waals surface area contributed by atoms with Gasteiger partial charge in [-0.2, -0.15) is 5.26 Å². The number of ether oxygens (including phenoxy) is 1. The van der Waals surface area contributed by atoms with E-state index in [1.807, 2.05) is 13.0 Å². The molecule has 1 aromatic heterocycles. The molecule has 1 atom stereocenters. The molecule has 2 heterocycles. The zero-order valence-corrected chi connectivity index (χ0v) is 22.2. The number of hydrogen-bond donors (Lipinski definition) is 3. The highest BCUT2D eigenvalue weighted by Crippen LogP contribution is 2.40. The molecule has 1 aliphatic carbocycles. The van der Waals surface area contributed by atoms with Crippen molar-refractivity contribution >= 4 is 17.8 Å². The Morgan fingerprint density at radius 2 is 1.87 bits per heavy atom. The van der Waals surface area contributed by atoms with Crippen molar-refractivity contribution in [1.82, 2.24) is 18.9 Å². The molecule has 0 aromatic carbocycles. The van der Waals surface area contributed by atoms with Gasteiger partial charge in [0.15, 0.2) is 0 Å². The van der Waals surface area contributed by atoms with Gasteiger partial charge in [-0.1, -0.05) is 13.3 Å². The van der Waals surface area contributed by atoms with Crippen LogP contribution < -0.4 is 17.0 Å². The Hall–Kier alpha value is -3.66. The first-order valence-electron chi connectivity index (χ1n) is 13.0. The number of aromatic nitrogens is 2. The number of urea groups is 1. The summed E-state index contributed by atoms with van der Waals surface area (Å²) in [6.45, 7) is 3.97. The molecule has 1 aromatic rings. The molecule has 1 saturated heterocycles. The molecule has 0 bridgehead atoms. The summed E-state index contributed by atoms with van der Waals surface area (Å²) in [5.74, 6) is -1.57. The predicted octanol–water partition coefficient (Wildman–Crippen LogP) is 1.11. The maximum Gasteiger partial charge on any atom is 0.334 e. The van der Waals surface area contributed by atoms with Crippen molar-refractivity contribution in [1.29, 1.82) is 10.7 Å². The van der Waals surface area contributed by atoms with Crippen LogP contribution in [0.4, 0.5) is 4.79 Å². The SMILES string of the molecule is CCCCn1c(O)c(C(=N)N)c(=O)n(C2CCC(C[C@]3(C)C(=O)N(CC#N)C(=O)N3CCOC)CC2)c1=O. The van der Waals surface area contributed by atoms with E-state index in [-0.39, 0.29) is 37.7 Å². The van der Waals surface area contributed by atoms with E-state index in [0.717, 1.165) is 20.5 Å². The molecule has 0 spiro atoms. The van der Waals surface area contributed by atoms with Crippen molar-refractivity contribution < 1.29 is 19.4 Å². The zero-order valence-electron chi connectivity index (χ0n) is 22.2. The number of nitrogens with one attached hydrogen (secondary N) is 1. The van der Waals surface area contributed by atoms with Crippen LogP contribution in [0.2, 0.25) is 0 Å². The van der Waals surface area contributed by atoms with Gasteiger partial charge in [0.1, 0.15) is 23.5 Å². The number of nitrogens with two attached hydrogens (primary N) is 1. The average Bonchev–Trinajstić information content (AvgIpc) is 3.03. The van der Waals surface area contributed by atoms with Crippen LogP contribution >= 0.6 is 0 Å². The van der Waals surface area contributed by atoms with E-state index in [1.165, 1.54) is 12.0 Å². The number of amides is 3. The van der Waals surface area contributed by atoms with Crippen molar-refractivity contribution in [2.24, 2.45) is 11.7 Å². The summed E-state index contributed by atoms with van der Waals surface area (Å²) in [6.07, 6.45) is 3.86. The third kappa shape index (κ3) is 5.18. The first-order valence-corrected chi connectivity index (χ1v) is 13.0. The first-order chi connectivity index (χ1) is 18.0. The lowest BCUT2D eigenvalue weighted by Gasteiger charge is -2.37. The molecule has 13 heteroatoms. The Morgan fingerprint density at radius 3 is 2.42 bits per heavy atom. The number of carbonyl (C=O) groups excluding carboxylic acids is 2. The molecule has 3 amide bonds. The lowest BCUT2D eigenvalue weighted by molar-refractivity contribution is -0.133. The number of nitrogen functional groups attached to an aromatic ring is 1. The van der Waals surface area contributed by atoms with Gasteiger partial charge in [0.25, 0.3) is 11.5 Å². The molecular formula is C25H37N7O6. The highest BCUT2D eigenvalue weighted by Gasteiger charge is 2.54. The van der Waals surface area contributed by atoms with Crippen LogP contribution in [0.1, 0.15) is 70.4 Å². The highest BCUT2D eigenvalue weighted by atomic mass is 16.5. The zero-order chi connectivity index (χ0) is 28.2. The smallest absolute Gasteiger partial charge is 0.334 e. The third-order valence-corrected chi connectivity index (χ3v) is 7.73. The summed E-state index contributed by atoms with van der Waals surface area (Å²) < 4.78 is 7.34. The number of aromatic hydroxyl groups is 1.